The Morgan fingerprint density at radius 2 is 2.27 bits per heavy atom. The van der Waals surface area contributed by atoms with Gasteiger partial charge >= 0.3 is 0 Å². The van der Waals surface area contributed by atoms with E-state index in [1.165, 1.54) is 6.39 Å². The van der Waals surface area contributed by atoms with Crippen molar-refractivity contribution in [1.82, 2.24) is 4.98 Å². The van der Waals surface area contributed by atoms with E-state index in [-0.39, 0.29) is 0 Å². The van der Waals surface area contributed by atoms with Crippen LogP contribution in [-0.2, 0) is 0 Å². The highest BCUT2D eigenvalue weighted by Gasteiger charge is 2.03. The molecule has 0 N–H and O–H groups in total. The van der Waals surface area contributed by atoms with Crippen molar-refractivity contribution in [3.63, 3.8) is 0 Å². The third-order valence-electron chi connectivity index (χ3n) is 1.35. The van der Waals surface area contributed by atoms with Gasteiger partial charge in [0.2, 0.25) is 0 Å². The van der Waals surface area contributed by atoms with Crippen LogP contribution in [0.1, 0.15) is 0 Å². The summed E-state index contributed by atoms with van der Waals surface area (Å²) in [6.45, 7) is 0. The predicted molar refractivity (Wildman–Crippen MR) is 54.4 cm³/mol. The molecule has 1 aromatic heterocycles. The molecular weight excluding hydrogens is 321 g/mol. The lowest BCUT2D eigenvalue weighted by molar-refractivity contribution is 0.600. The van der Waals surface area contributed by atoms with Crippen molar-refractivity contribution in [2.24, 2.45) is 0 Å². The zero-order valence-corrected chi connectivity index (χ0v) is 9.09. The number of benzene rings is 1. The van der Waals surface area contributed by atoms with Gasteiger partial charge in [-0.2, -0.15) is 0 Å². The number of hydrogen-bond acceptors (Lipinski definition) is 2. The van der Waals surface area contributed by atoms with Gasteiger partial charge in [0.25, 0.3) is 0 Å². The smallest absolute Gasteiger partial charge is 0.182 e. The molecule has 0 aliphatic carbocycles. The predicted octanol–water partition coefficient (Wildman–Crippen LogP) is 3.19. The van der Waals surface area contributed by atoms with Crippen LogP contribution in [0.3, 0.4) is 0 Å². The fraction of sp³-hybridized carbons (Fsp3) is 0. The van der Waals surface area contributed by atoms with E-state index in [1.807, 2.05) is 12.1 Å². The normalized spacial score (nSPS) is 10.7. The van der Waals surface area contributed by atoms with Crippen LogP contribution in [0, 0.1) is 3.57 Å². The number of fused-ring (bicyclic) bond motifs is 1. The van der Waals surface area contributed by atoms with Crippen molar-refractivity contribution in [1.29, 1.82) is 0 Å². The highest BCUT2D eigenvalue weighted by atomic mass is 127. The lowest BCUT2D eigenvalue weighted by Gasteiger charge is -1.91. The molecule has 4 heteroatoms. The quantitative estimate of drug-likeness (QED) is 0.696. The third kappa shape index (κ3) is 1.29. The van der Waals surface area contributed by atoms with Crippen LogP contribution < -0.4 is 0 Å². The Balaban J connectivity index is 2.91. The van der Waals surface area contributed by atoms with Crippen LogP contribution in [-0.4, -0.2) is 4.98 Å². The summed E-state index contributed by atoms with van der Waals surface area (Å²) in [6.07, 6.45) is 1.45. The fourth-order valence-electron chi connectivity index (χ4n) is 0.895. The number of rotatable bonds is 0. The summed E-state index contributed by atoms with van der Waals surface area (Å²) in [4.78, 5) is 4.04. The maximum Gasteiger partial charge on any atom is 0.182 e. The molecule has 2 nitrogen and oxygen atoms in total. The molecule has 0 atom stereocenters. The Morgan fingerprint density at radius 1 is 1.45 bits per heavy atom. The maximum absolute atomic E-state index is 5.14. The summed E-state index contributed by atoms with van der Waals surface area (Å²) in [7, 11) is 0. The number of halogens is 2. The molecule has 0 aliphatic rings. The molecule has 0 saturated heterocycles. The summed E-state index contributed by atoms with van der Waals surface area (Å²) < 4.78 is 7.25. The first-order valence-corrected chi connectivity index (χ1v) is 4.83. The second kappa shape index (κ2) is 2.75. The molecule has 1 aromatic carbocycles. The van der Waals surface area contributed by atoms with E-state index in [4.69, 9.17) is 4.42 Å². The van der Waals surface area contributed by atoms with E-state index in [0.717, 1.165) is 19.1 Å². The van der Waals surface area contributed by atoms with Crippen molar-refractivity contribution in [3.8, 4) is 0 Å². The molecule has 2 rings (SSSR count). The van der Waals surface area contributed by atoms with Gasteiger partial charge in [-0.15, -0.1) is 0 Å². The molecule has 0 unspecified atom stereocenters. The van der Waals surface area contributed by atoms with Crippen molar-refractivity contribution < 1.29 is 4.42 Å². The Bertz CT molecular complexity index is 398. The van der Waals surface area contributed by atoms with Crippen molar-refractivity contribution in [2.75, 3.05) is 0 Å². The molecule has 0 fully saturated rings. The van der Waals surface area contributed by atoms with Gasteiger partial charge < -0.3 is 4.42 Å². The second-order valence-electron chi connectivity index (χ2n) is 2.09. The van der Waals surface area contributed by atoms with Crippen LogP contribution in [0.4, 0.5) is 0 Å². The summed E-state index contributed by atoms with van der Waals surface area (Å²) in [5, 5.41) is 0. The average Bonchev–Trinajstić information content (AvgIpc) is 2.34. The van der Waals surface area contributed by atoms with Gasteiger partial charge in [-0.25, -0.2) is 4.98 Å². The molecule has 56 valence electrons. The van der Waals surface area contributed by atoms with Gasteiger partial charge in [-0.3, -0.25) is 0 Å². The van der Waals surface area contributed by atoms with Gasteiger partial charge in [0.15, 0.2) is 12.0 Å². The number of hydrogen-bond donors (Lipinski definition) is 0. The molecule has 0 radical (unpaired) electrons. The van der Waals surface area contributed by atoms with Crippen LogP contribution in [0.15, 0.2) is 27.4 Å². The van der Waals surface area contributed by atoms with Crippen LogP contribution in [0.2, 0.25) is 0 Å². The first-order chi connectivity index (χ1) is 5.27. The zero-order valence-electron chi connectivity index (χ0n) is 5.34. The lowest BCUT2D eigenvalue weighted by atomic mass is 10.3. The minimum atomic E-state index is 0.811. The molecule has 11 heavy (non-hydrogen) atoms. The van der Waals surface area contributed by atoms with Crippen molar-refractivity contribution >= 4 is 49.6 Å². The summed E-state index contributed by atoms with van der Waals surface area (Å²) in [5.74, 6) is 0. The minimum absolute atomic E-state index is 0.811. The monoisotopic (exact) mass is 323 g/mol. The van der Waals surface area contributed by atoms with E-state index in [1.54, 1.807) is 0 Å². The van der Waals surface area contributed by atoms with E-state index in [2.05, 4.69) is 43.5 Å². The number of nitrogens with zero attached hydrogens (tertiary/aromatic N) is 1. The molecule has 0 spiro atoms. The van der Waals surface area contributed by atoms with Crippen LogP contribution in [0.25, 0.3) is 11.1 Å². The van der Waals surface area contributed by atoms with E-state index < -0.39 is 0 Å². The van der Waals surface area contributed by atoms with Crippen molar-refractivity contribution in [2.45, 2.75) is 0 Å². The van der Waals surface area contributed by atoms with Gasteiger partial charge in [0.05, 0.1) is 4.47 Å². The molecule has 0 saturated carbocycles. The van der Waals surface area contributed by atoms with E-state index in [9.17, 15) is 0 Å². The second-order valence-corrected chi connectivity index (χ2v) is 4.19. The minimum Gasteiger partial charge on any atom is -0.442 e. The average molecular weight is 324 g/mol. The summed E-state index contributed by atoms with van der Waals surface area (Å²) >= 11 is 5.63. The summed E-state index contributed by atoms with van der Waals surface area (Å²) in [6, 6.07) is 3.97. The topological polar surface area (TPSA) is 26.0 Å². The first-order valence-electron chi connectivity index (χ1n) is 2.95. The van der Waals surface area contributed by atoms with Gasteiger partial charge in [0.1, 0.15) is 5.52 Å². The molecule has 1 heterocycles. The first kappa shape index (κ1) is 7.54. The zero-order chi connectivity index (χ0) is 7.84. The molecular formula is C7H3BrINO. The Labute approximate surface area is 85.3 Å². The molecule has 0 bridgehead atoms. The van der Waals surface area contributed by atoms with Gasteiger partial charge in [-0.05, 0) is 50.7 Å². The molecule has 2 aromatic rings. The SMILES string of the molecule is Brc1cc(I)cc2ncoc12. The summed E-state index contributed by atoms with van der Waals surface area (Å²) in [5.41, 5.74) is 1.70. The van der Waals surface area contributed by atoms with Crippen LogP contribution >= 0.6 is 38.5 Å². The largest absolute Gasteiger partial charge is 0.442 e. The fourth-order valence-corrected chi connectivity index (χ4v) is 2.47. The number of aromatic nitrogens is 1. The maximum atomic E-state index is 5.14. The van der Waals surface area contributed by atoms with Crippen molar-refractivity contribution in [3.05, 3.63) is 26.6 Å². The Kier molecular flexibility index (Phi) is 1.88. The van der Waals surface area contributed by atoms with Crippen LogP contribution in [0.5, 0.6) is 0 Å². The molecule has 0 amide bonds. The molecule has 0 aliphatic heterocycles. The highest BCUT2D eigenvalue weighted by Crippen LogP contribution is 2.25. The van der Waals surface area contributed by atoms with Gasteiger partial charge in [0, 0.05) is 3.57 Å². The highest BCUT2D eigenvalue weighted by molar-refractivity contribution is 14.1. The Hall–Kier alpha value is -0.100. The third-order valence-corrected chi connectivity index (χ3v) is 2.56. The number of oxazole rings is 1. The van der Waals surface area contributed by atoms with E-state index in [0.29, 0.717) is 0 Å². The van der Waals surface area contributed by atoms with Gasteiger partial charge in [-0.1, -0.05) is 0 Å². The van der Waals surface area contributed by atoms with E-state index >= 15 is 0 Å². The standard InChI is InChI=1S/C7H3BrINO/c8-5-1-4(9)2-6-7(5)11-3-10-6/h1-3H. The lowest BCUT2D eigenvalue weighted by Crippen LogP contribution is -1.73. The Morgan fingerprint density at radius 3 is 3.09 bits per heavy atom.